The zero-order valence-corrected chi connectivity index (χ0v) is 23.3. The van der Waals surface area contributed by atoms with Gasteiger partial charge in [0.2, 0.25) is 6.41 Å². The summed E-state index contributed by atoms with van der Waals surface area (Å²) < 4.78 is 16.5. The fourth-order valence-corrected chi connectivity index (χ4v) is 4.40. The molecule has 0 spiro atoms. The van der Waals surface area contributed by atoms with E-state index in [9.17, 15) is 13.5 Å². The Kier molecular flexibility index (Phi) is 9.72. The van der Waals surface area contributed by atoms with Gasteiger partial charge in [-0.25, -0.2) is 13.9 Å². The number of nitriles is 1. The molecular weight excluding hydrogens is 529 g/mol. The molecule has 4 heterocycles. The highest BCUT2D eigenvalue weighted by Gasteiger charge is 2.24. The van der Waals surface area contributed by atoms with Crippen LogP contribution in [-0.2, 0) is 11.8 Å². The first-order valence-corrected chi connectivity index (χ1v) is 13.1. The van der Waals surface area contributed by atoms with Gasteiger partial charge < -0.3 is 14.8 Å². The van der Waals surface area contributed by atoms with Crippen LogP contribution in [0.5, 0.6) is 0 Å². The van der Waals surface area contributed by atoms with Gasteiger partial charge in [0.05, 0.1) is 29.4 Å². The lowest BCUT2D eigenvalue weighted by atomic mass is 10.0. The van der Waals surface area contributed by atoms with Crippen LogP contribution in [0, 0.1) is 17.2 Å². The predicted molar refractivity (Wildman–Crippen MR) is 149 cm³/mol. The van der Waals surface area contributed by atoms with Gasteiger partial charge in [-0.05, 0) is 26.0 Å². The molecule has 1 N–H and O–H groups in total. The summed E-state index contributed by atoms with van der Waals surface area (Å²) in [5.41, 5.74) is 3.35. The molecule has 0 bridgehead atoms. The first kappa shape index (κ1) is 28.9. The first-order chi connectivity index (χ1) is 18.2. The number of hydrogen-bond acceptors (Lipinski definition) is 6. The monoisotopic (exact) mass is 557 g/mol. The summed E-state index contributed by atoms with van der Waals surface area (Å²) in [6.45, 7) is 8.97. The molecule has 1 aromatic carbocycles. The van der Waals surface area contributed by atoms with Gasteiger partial charge in [-0.2, -0.15) is 5.26 Å². The van der Waals surface area contributed by atoms with Gasteiger partial charge in [-0.1, -0.05) is 31.5 Å². The summed E-state index contributed by atoms with van der Waals surface area (Å²) in [7, 11) is 1.92. The lowest BCUT2D eigenvalue weighted by molar-refractivity contribution is -0.122. The van der Waals surface area contributed by atoms with Gasteiger partial charge in [0.1, 0.15) is 5.52 Å². The topological polar surface area (TPSA) is 109 Å². The standard InChI is InChI=1S/C19H17ClFN5OS.C5H6N2O.C2H6/c1-10(2)23-19(27)14-9-26(28-21)18-17(14)24-15(7-22-18)13-8-25(3)16-6-11(20)4-5-12(13)16;6-1-5-2-7(3-5)4-8;1-2/h4-10H,1-3H3,(H,23,27);4-5H,2-3H2;1-2H3. The van der Waals surface area contributed by atoms with Crippen LogP contribution in [0.4, 0.5) is 3.89 Å². The van der Waals surface area contributed by atoms with E-state index >= 15 is 0 Å². The molecule has 0 saturated carbocycles. The van der Waals surface area contributed by atoms with Crippen molar-refractivity contribution in [1.82, 2.24) is 28.7 Å². The summed E-state index contributed by atoms with van der Waals surface area (Å²) in [6.07, 6.45) is 5.71. The fourth-order valence-electron chi connectivity index (χ4n) is 3.89. The number of hydrogen-bond donors (Lipinski definition) is 1. The number of fused-ring (bicyclic) bond motifs is 2. The quantitative estimate of drug-likeness (QED) is 0.330. The van der Waals surface area contributed by atoms with Crippen LogP contribution in [0.25, 0.3) is 33.3 Å². The van der Waals surface area contributed by atoms with Crippen LogP contribution < -0.4 is 5.32 Å². The van der Waals surface area contributed by atoms with E-state index in [1.807, 2.05) is 63.7 Å². The molecule has 5 rings (SSSR count). The van der Waals surface area contributed by atoms with Crippen molar-refractivity contribution in [1.29, 1.82) is 5.26 Å². The van der Waals surface area contributed by atoms with Gasteiger partial charge in [-0.3, -0.25) is 9.59 Å². The van der Waals surface area contributed by atoms with Gasteiger partial charge in [0.25, 0.3) is 5.91 Å². The highest BCUT2D eigenvalue weighted by atomic mass is 35.5. The normalized spacial score (nSPS) is 12.8. The molecule has 4 aromatic rings. The Morgan fingerprint density at radius 2 is 2.03 bits per heavy atom. The highest BCUT2D eigenvalue weighted by Crippen LogP contribution is 2.32. The Bertz CT molecular complexity index is 1490. The van der Waals surface area contributed by atoms with E-state index in [0.717, 1.165) is 22.9 Å². The molecule has 9 nitrogen and oxygen atoms in total. The van der Waals surface area contributed by atoms with Crippen molar-refractivity contribution < 1.29 is 13.5 Å². The summed E-state index contributed by atoms with van der Waals surface area (Å²) in [5, 5.41) is 12.6. The molecular formula is C26H29ClFN7O2S. The SMILES string of the molecule is CC.CC(C)NC(=O)c1cn(SF)c2ncc(-c3cn(C)c4cc(Cl)ccc34)nc12.N#CC1CN(C=O)C1. The third-order valence-electron chi connectivity index (χ3n) is 5.67. The first-order valence-electron chi connectivity index (χ1n) is 12.1. The Morgan fingerprint density at radius 1 is 1.32 bits per heavy atom. The molecule has 1 saturated heterocycles. The van der Waals surface area contributed by atoms with E-state index in [1.54, 1.807) is 11.1 Å². The minimum absolute atomic E-state index is 0.0193. The largest absolute Gasteiger partial charge is 0.350 e. The molecule has 1 aliphatic heterocycles. The number of aryl methyl sites for hydroxylation is 1. The number of likely N-dealkylation sites (tertiary alicyclic amines) is 1. The van der Waals surface area contributed by atoms with Crippen molar-refractivity contribution >= 4 is 58.3 Å². The molecule has 12 heteroatoms. The van der Waals surface area contributed by atoms with Gasteiger partial charge in [0.15, 0.2) is 18.0 Å². The maximum absolute atomic E-state index is 13.3. The van der Waals surface area contributed by atoms with Crippen LogP contribution >= 0.6 is 23.9 Å². The molecule has 1 fully saturated rings. The van der Waals surface area contributed by atoms with Crippen molar-refractivity contribution in [2.24, 2.45) is 13.0 Å². The number of nitrogens with one attached hydrogen (secondary N) is 1. The third kappa shape index (κ3) is 6.09. The Morgan fingerprint density at radius 3 is 2.63 bits per heavy atom. The minimum Gasteiger partial charge on any atom is -0.350 e. The highest BCUT2D eigenvalue weighted by molar-refractivity contribution is 7.92. The number of aromatic nitrogens is 4. The van der Waals surface area contributed by atoms with Crippen molar-refractivity contribution in [3.8, 4) is 17.3 Å². The second-order valence-electron chi connectivity index (χ2n) is 8.69. The van der Waals surface area contributed by atoms with Crippen LogP contribution in [0.2, 0.25) is 5.02 Å². The number of amides is 2. The van der Waals surface area contributed by atoms with Gasteiger partial charge in [0, 0.05) is 60.1 Å². The molecule has 2 amide bonds. The second kappa shape index (κ2) is 12.8. The average Bonchev–Trinajstić information content (AvgIpc) is 3.42. The Labute approximate surface area is 230 Å². The smallest absolute Gasteiger partial charge is 0.255 e. The third-order valence-corrected chi connectivity index (χ3v) is 6.33. The molecule has 1 aliphatic rings. The molecule has 38 heavy (non-hydrogen) atoms. The number of nitrogens with zero attached hydrogens (tertiary/aromatic N) is 6. The van der Waals surface area contributed by atoms with E-state index in [1.165, 1.54) is 10.2 Å². The Hall–Kier alpha value is -3.62. The van der Waals surface area contributed by atoms with Gasteiger partial charge >= 0.3 is 0 Å². The summed E-state index contributed by atoms with van der Waals surface area (Å²) >= 11 is 6.09. The van der Waals surface area contributed by atoms with E-state index in [0.29, 0.717) is 35.0 Å². The predicted octanol–water partition coefficient (Wildman–Crippen LogP) is 5.39. The van der Waals surface area contributed by atoms with Crippen LogP contribution in [-0.4, -0.2) is 54.9 Å². The summed E-state index contributed by atoms with van der Waals surface area (Å²) in [5.74, 6) is -0.218. The maximum atomic E-state index is 13.3. The fraction of sp³-hybridized carbons (Fsp3) is 0.346. The number of carbonyl (C=O) groups is 2. The average molecular weight is 558 g/mol. The molecule has 0 atom stereocenters. The van der Waals surface area contributed by atoms with E-state index < -0.39 is 0 Å². The number of halogens is 2. The summed E-state index contributed by atoms with van der Waals surface area (Å²) in [6, 6.07) is 7.63. The zero-order chi connectivity index (χ0) is 28.0. The lowest BCUT2D eigenvalue weighted by Gasteiger charge is -2.31. The molecule has 3 aromatic heterocycles. The molecule has 0 aliphatic carbocycles. The lowest BCUT2D eigenvalue weighted by Crippen LogP contribution is -2.44. The molecule has 0 unspecified atom stereocenters. The van der Waals surface area contributed by atoms with Crippen molar-refractivity contribution in [2.45, 2.75) is 33.7 Å². The van der Waals surface area contributed by atoms with Gasteiger partial charge in [-0.15, -0.1) is 3.89 Å². The molecule has 0 radical (unpaired) electrons. The number of carbonyl (C=O) groups excluding carboxylic acids is 2. The maximum Gasteiger partial charge on any atom is 0.255 e. The van der Waals surface area contributed by atoms with Crippen LogP contribution in [0.15, 0.2) is 36.8 Å². The number of benzene rings is 1. The Balaban J connectivity index is 0.000000339. The molecule has 200 valence electrons. The van der Waals surface area contributed by atoms with Crippen molar-refractivity contribution in [3.05, 3.63) is 47.4 Å². The number of rotatable bonds is 5. The van der Waals surface area contributed by atoms with E-state index in [4.69, 9.17) is 16.9 Å². The van der Waals surface area contributed by atoms with Crippen LogP contribution in [0.3, 0.4) is 0 Å². The van der Waals surface area contributed by atoms with Crippen molar-refractivity contribution in [3.63, 3.8) is 0 Å². The van der Waals surface area contributed by atoms with E-state index in [-0.39, 0.29) is 35.8 Å². The van der Waals surface area contributed by atoms with Crippen LogP contribution in [0.1, 0.15) is 38.1 Å². The minimum atomic E-state index is -0.316. The zero-order valence-electron chi connectivity index (χ0n) is 21.8. The van der Waals surface area contributed by atoms with Crippen molar-refractivity contribution in [2.75, 3.05) is 13.1 Å². The summed E-state index contributed by atoms with van der Waals surface area (Å²) in [4.78, 5) is 33.0. The van der Waals surface area contributed by atoms with E-state index in [2.05, 4.69) is 21.4 Å². The second-order valence-corrected chi connectivity index (χ2v) is 9.66.